The Bertz CT molecular complexity index is 1020. The largest absolute Gasteiger partial charge is 0.342 e. The molecular formula is C22H23ClN4S. The fraction of sp³-hybridized carbons (Fsp3) is 0.182. The predicted octanol–water partition coefficient (Wildman–Crippen LogP) is 5.44. The molecular weight excluding hydrogens is 388 g/mol. The van der Waals surface area contributed by atoms with Crippen molar-refractivity contribution in [3.05, 3.63) is 87.7 Å². The Balaban J connectivity index is 1.64. The standard InChI is InChI=1S/C22H23ClN4S/c1-15-9-10-16(2)18(12-15)14-27-11-5-6-19(27)13-24-26-22(28)25-21-8-4-7-20(23)17(21)3/h4-13H,14H2,1-3H3,(H2,25,26,28)/b24-13-. The lowest BCUT2D eigenvalue weighted by Gasteiger charge is -2.11. The third-order valence-corrected chi connectivity index (χ3v) is 5.19. The maximum absolute atomic E-state index is 6.14. The highest BCUT2D eigenvalue weighted by atomic mass is 35.5. The highest BCUT2D eigenvalue weighted by Crippen LogP contribution is 2.22. The Labute approximate surface area is 176 Å². The first-order chi connectivity index (χ1) is 13.4. The lowest BCUT2D eigenvalue weighted by atomic mass is 10.1. The molecule has 1 heterocycles. The molecule has 3 rings (SSSR count). The molecule has 0 aliphatic carbocycles. The Morgan fingerprint density at radius 2 is 1.96 bits per heavy atom. The van der Waals surface area contributed by atoms with E-state index in [4.69, 9.17) is 23.8 Å². The van der Waals surface area contributed by atoms with Crippen molar-refractivity contribution in [3.63, 3.8) is 0 Å². The van der Waals surface area contributed by atoms with Gasteiger partial charge in [-0.1, -0.05) is 41.4 Å². The number of nitrogens with one attached hydrogen (secondary N) is 2. The van der Waals surface area contributed by atoms with E-state index in [1.54, 1.807) is 6.21 Å². The number of hydrogen-bond donors (Lipinski definition) is 2. The minimum Gasteiger partial charge on any atom is -0.342 e. The van der Waals surface area contributed by atoms with E-state index in [2.05, 4.69) is 58.7 Å². The highest BCUT2D eigenvalue weighted by molar-refractivity contribution is 7.80. The van der Waals surface area contributed by atoms with Gasteiger partial charge in [-0.2, -0.15) is 5.10 Å². The summed E-state index contributed by atoms with van der Waals surface area (Å²) in [5.41, 5.74) is 9.50. The van der Waals surface area contributed by atoms with E-state index in [9.17, 15) is 0 Å². The maximum Gasteiger partial charge on any atom is 0.191 e. The summed E-state index contributed by atoms with van der Waals surface area (Å²) in [5, 5.41) is 8.49. The number of aryl methyl sites for hydroxylation is 2. The number of aromatic nitrogens is 1. The van der Waals surface area contributed by atoms with Crippen molar-refractivity contribution < 1.29 is 0 Å². The van der Waals surface area contributed by atoms with Crippen LogP contribution in [0.15, 0.2) is 59.8 Å². The average molecular weight is 411 g/mol. The van der Waals surface area contributed by atoms with Crippen LogP contribution >= 0.6 is 23.8 Å². The zero-order valence-electron chi connectivity index (χ0n) is 16.2. The van der Waals surface area contributed by atoms with Crippen LogP contribution in [-0.4, -0.2) is 15.9 Å². The van der Waals surface area contributed by atoms with Crippen LogP contribution in [0.2, 0.25) is 5.02 Å². The first kappa shape index (κ1) is 20.1. The smallest absolute Gasteiger partial charge is 0.191 e. The maximum atomic E-state index is 6.14. The molecule has 3 aromatic rings. The minimum absolute atomic E-state index is 0.411. The van der Waals surface area contributed by atoms with Gasteiger partial charge in [0.2, 0.25) is 0 Å². The summed E-state index contributed by atoms with van der Waals surface area (Å²) in [6, 6.07) is 16.2. The van der Waals surface area contributed by atoms with Crippen LogP contribution in [0, 0.1) is 20.8 Å². The van der Waals surface area contributed by atoms with Crippen molar-refractivity contribution >= 4 is 40.8 Å². The monoisotopic (exact) mass is 410 g/mol. The van der Waals surface area contributed by atoms with Crippen molar-refractivity contribution in [3.8, 4) is 0 Å². The third kappa shape index (κ3) is 5.00. The van der Waals surface area contributed by atoms with E-state index in [0.29, 0.717) is 10.1 Å². The summed E-state index contributed by atoms with van der Waals surface area (Å²) in [7, 11) is 0. The lowest BCUT2D eigenvalue weighted by Crippen LogP contribution is -2.24. The number of rotatable bonds is 5. The quantitative estimate of drug-likeness (QED) is 0.334. The number of nitrogens with zero attached hydrogens (tertiary/aromatic N) is 2. The van der Waals surface area contributed by atoms with E-state index in [1.165, 1.54) is 16.7 Å². The molecule has 0 fully saturated rings. The number of benzene rings is 2. The zero-order chi connectivity index (χ0) is 20.1. The number of thiocarbonyl (C=S) groups is 1. The van der Waals surface area contributed by atoms with Crippen molar-refractivity contribution in [2.75, 3.05) is 5.32 Å². The van der Waals surface area contributed by atoms with Crippen LogP contribution in [0.25, 0.3) is 0 Å². The van der Waals surface area contributed by atoms with E-state index in [-0.39, 0.29) is 0 Å². The molecule has 0 unspecified atom stereocenters. The van der Waals surface area contributed by atoms with Gasteiger partial charge >= 0.3 is 0 Å². The highest BCUT2D eigenvalue weighted by Gasteiger charge is 2.05. The van der Waals surface area contributed by atoms with Gasteiger partial charge in [0, 0.05) is 23.5 Å². The second kappa shape index (κ2) is 9.04. The van der Waals surface area contributed by atoms with Crippen LogP contribution in [-0.2, 0) is 6.54 Å². The molecule has 0 atom stereocenters. The van der Waals surface area contributed by atoms with Crippen LogP contribution in [0.3, 0.4) is 0 Å². The molecule has 28 heavy (non-hydrogen) atoms. The lowest BCUT2D eigenvalue weighted by molar-refractivity contribution is 0.793. The molecule has 1 aromatic heterocycles. The Morgan fingerprint density at radius 3 is 2.79 bits per heavy atom. The van der Waals surface area contributed by atoms with Gasteiger partial charge in [0.05, 0.1) is 11.9 Å². The molecule has 0 aliphatic rings. The van der Waals surface area contributed by atoms with Gasteiger partial charge in [-0.3, -0.25) is 5.43 Å². The third-order valence-electron chi connectivity index (χ3n) is 4.59. The molecule has 0 saturated carbocycles. The molecule has 0 saturated heterocycles. The second-order valence-corrected chi connectivity index (χ2v) is 7.54. The molecule has 4 nitrogen and oxygen atoms in total. The van der Waals surface area contributed by atoms with Crippen LogP contribution in [0.4, 0.5) is 5.69 Å². The van der Waals surface area contributed by atoms with Gasteiger partial charge in [-0.05, 0) is 73.9 Å². The number of hydrazone groups is 1. The number of halogens is 1. The van der Waals surface area contributed by atoms with E-state index < -0.39 is 0 Å². The summed E-state index contributed by atoms with van der Waals surface area (Å²) in [4.78, 5) is 0. The van der Waals surface area contributed by atoms with Crippen molar-refractivity contribution in [1.29, 1.82) is 0 Å². The number of hydrogen-bond acceptors (Lipinski definition) is 2. The van der Waals surface area contributed by atoms with E-state index in [1.807, 2.05) is 37.3 Å². The van der Waals surface area contributed by atoms with Gasteiger partial charge in [-0.25, -0.2) is 0 Å². The molecule has 0 radical (unpaired) electrons. The van der Waals surface area contributed by atoms with Crippen LogP contribution in [0.5, 0.6) is 0 Å². The molecule has 0 amide bonds. The summed E-state index contributed by atoms with van der Waals surface area (Å²) in [6.07, 6.45) is 3.82. The SMILES string of the molecule is Cc1ccc(C)c(Cn2cccc2/C=N\NC(=S)Nc2cccc(Cl)c2C)c1. The van der Waals surface area contributed by atoms with Gasteiger partial charge in [0.25, 0.3) is 0 Å². The van der Waals surface area contributed by atoms with Crippen LogP contribution < -0.4 is 10.7 Å². The van der Waals surface area contributed by atoms with Gasteiger partial charge in [0.15, 0.2) is 5.11 Å². The van der Waals surface area contributed by atoms with E-state index in [0.717, 1.165) is 23.5 Å². The molecule has 0 spiro atoms. The fourth-order valence-electron chi connectivity index (χ4n) is 2.89. The molecule has 6 heteroatoms. The molecule has 0 aliphatic heterocycles. The minimum atomic E-state index is 0.411. The predicted molar refractivity (Wildman–Crippen MR) is 123 cm³/mol. The van der Waals surface area contributed by atoms with Gasteiger partial charge < -0.3 is 9.88 Å². The molecule has 0 bridgehead atoms. The van der Waals surface area contributed by atoms with E-state index >= 15 is 0 Å². The van der Waals surface area contributed by atoms with Crippen molar-refractivity contribution in [1.82, 2.24) is 9.99 Å². The summed E-state index contributed by atoms with van der Waals surface area (Å²) < 4.78 is 2.16. The first-order valence-electron chi connectivity index (χ1n) is 9.00. The molecule has 2 aromatic carbocycles. The van der Waals surface area contributed by atoms with Gasteiger partial charge in [-0.15, -0.1) is 0 Å². The van der Waals surface area contributed by atoms with Gasteiger partial charge in [0.1, 0.15) is 0 Å². The fourth-order valence-corrected chi connectivity index (χ4v) is 3.23. The average Bonchev–Trinajstić information content (AvgIpc) is 3.09. The Kier molecular flexibility index (Phi) is 6.49. The van der Waals surface area contributed by atoms with Crippen molar-refractivity contribution in [2.45, 2.75) is 27.3 Å². The Hall–Kier alpha value is -2.63. The summed E-state index contributed by atoms with van der Waals surface area (Å²) in [5.74, 6) is 0. The first-order valence-corrected chi connectivity index (χ1v) is 9.79. The normalized spacial score (nSPS) is 11.0. The molecule has 2 N–H and O–H groups in total. The second-order valence-electron chi connectivity index (χ2n) is 6.73. The van der Waals surface area contributed by atoms with Crippen LogP contribution in [0.1, 0.15) is 27.9 Å². The zero-order valence-corrected chi connectivity index (χ0v) is 17.7. The summed E-state index contributed by atoms with van der Waals surface area (Å²) >= 11 is 11.5. The Morgan fingerprint density at radius 1 is 1.14 bits per heavy atom. The molecule has 144 valence electrons. The number of anilines is 1. The summed E-state index contributed by atoms with van der Waals surface area (Å²) in [6.45, 7) is 6.99. The van der Waals surface area contributed by atoms with Crippen molar-refractivity contribution in [2.24, 2.45) is 5.10 Å². The topological polar surface area (TPSA) is 41.4 Å².